The van der Waals surface area contributed by atoms with Crippen LogP contribution in [0.4, 0.5) is 8.78 Å². The molecule has 1 aromatic rings. The van der Waals surface area contributed by atoms with Crippen LogP contribution in [0.5, 0.6) is 0 Å². The number of carboxylic acids is 1. The molecule has 1 atom stereocenters. The van der Waals surface area contributed by atoms with E-state index in [0.717, 1.165) is 12.5 Å². The van der Waals surface area contributed by atoms with Crippen molar-refractivity contribution in [3.63, 3.8) is 0 Å². The number of halogens is 2. The highest BCUT2D eigenvalue weighted by Crippen LogP contribution is 2.19. The lowest BCUT2D eigenvalue weighted by atomic mass is 9.99. The Balaban J connectivity index is 2.57. The van der Waals surface area contributed by atoms with E-state index >= 15 is 0 Å². The quantitative estimate of drug-likeness (QED) is 0.836. The molecule has 1 rings (SSSR count). The van der Waals surface area contributed by atoms with Crippen molar-refractivity contribution in [2.24, 2.45) is 0 Å². The summed E-state index contributed by atoms with van der Waals surface area (Å²) in [6.45, 7) is 1.03. The second-order valence-corrected chi connectivity index (χ2v) is 3.63. The summed E-state index contributed by atoms with van der Waals surface area (Å²) in [5.74, 6) is -1.83. The molecular weight excluding hydrogens is 202 g/mol. The molecule has 0 amide bonds. The Morgan fingerprint density at radius 3 is 2.40 bits per heavy atom. The standard InChI is InChI=1S/C11H12F2O2/c1-11(13,10(14)15)7-6-8-2-4-9(12)5-3-8/h2-5H,6-7H2,1H3,(H,14,15). The fourth-order valence-corrected chi connectivity index (χ4v) is 1.14. The summed E-state index contributed by atoms with van der Waals surface area (Å²) in [6, 6.07) is 5.58. The summed E-state index contributed by atoms with van der Waals surface area (Å²) in [7, 11) is 0. The molecule has 0 aliphatic carbocycles. The van der Waals surface area contributed by atoms with Crippen LogP contribution in [0.2, 0.25) is 0 Å². The van der Waals surface area contributed by atoms with Gasteiger partial charge in [-0.2, -0.15) is 0 Å². The highest BCUT2D eigenvalue weighted by atomic mass is 19.1. The van der Waals surface area contributed by atoms with Crippen LogP contribution >= 0.6 is 0 Å². The summed E-state index contributed by atoms with van der Waals surface area (Å²) in [5, 5.41) is 8.53. The zero-order valence-corrected chi connectivity index (χ0v) is 8.34. The topological polar surface area (TPSA) is 37.3 Å². The Bertz CT molecular complexity index is 344. The normalized spacial score (nSPS) is 14.6. The molecule has 4 heteroatoms. The molecule has 15 heavy (non-hydrogen) atoms. The first kappa shape index (κ1) is 11.6. The Hall–Kier alpha value is -1.45. The second-order valence-electron chi connectivity index (χ2n) is 3.63. The minimum absolute atomic E-state index is 0.117. The van der Waals surface area contributed by atoms with Gasteiger partial charge in [0.15, 0.2) is 0 Å². The highest BCUT2D eigenvalue weighted by molar-refractivity contribution is 5.76. The van der Waals surface area contributed by atoms with E-state index in [9.17, 15) is 13.6 Å². The molecule has 0 radical (unpaired) electrons. The fourth-order valence-electron chi connectivity index (χ4n) is 1.14. The molecule has 0 heterocycles. The molecule has 0 spiro atoms. The maximum absolute atomic E-state index is 13.3. The number of hydrogen-bond acceptors (Lipinski definition) is 1. The Morgan fingerprint density at radius 1 is 1.40 bits per heavy atom. The maximum Gasteiger partial charge on any atom is 0.341 e. The molecule has 0 aromatic heterocycles. The predicted octanol–water partition coefficient (Wildman–Crippen LogP) is 2.57. The monoisotopic (exact) mass is 214 g/mol. The van der Waals surface area contributed by atoms with Gasteiger partial charge in [0.1, 0.15) is 5.82 Å². The number of carbonyl (C=O) groups is 1. The van der Waals surface area contributed by atoms with Crippen LogP contribution in [-0.2, 0) is 11.2 Å². The molecule has 0 bridgehead atoms. The van der Waals surface area contributed by atoms with Gasteiger partial charge in [0.25, 0.3) is 0 Å². The van der Waals surface area contributed by atoms with Crippen molar-refractivity contribution in [3.8, 4) is 0 Å². The van der Waals surface area contributed by atoms with Gasteiger partial charge in [-0.15, -0.1) is 0 Å². The van der Waals surface area contributed by atoms with Crippen LogP contribution in [0.15, 0.2) is 24.3 Å². The van der Waals surface area contributed by atoms with E-state index in [4.69, 9.17) is 5.11 Å². The third-order valence-corrected chi connectivity index (χ3v) is 2.24. The van der Waals surface area contributed by atoms with Gasteiger partial charge in [0.2, 0.25) is 5.67 Å². The van der Waals surface area contributed by atoms with Gasteiger partial charge in [-0.05, 0) is 37.5 Å². The van der Waals surface area contributed by atoms with Crippen molar-refractivity contribution in [2.75, 3.05) is 0 Å². The molecule has 1 N–H and O–H groups in total. The SMILES string of the molecule is CC(F)(CCc1ccc(F)cc1)C(=O)O. The molecule has 0 aliphatic heterocycles. The Labute approximate surface area is 86.5 Å². The average Bonchev–Trinajstić information content (AvgIpc) is 2.17. The van der Waals surface area contributed by atoms with E-state index in [1.165, 1.54) is 24.3 Å². The summed E-state index contributed by atoms with van der Waals surface area (Å²) in [6.07, 6.45) is 0.160. The van der Waals surface area contributed by atoms with E-state index in [-0.39, 0.29) is 18.7 Å². The number of benzene rings is 1. The minimum atomic E-state index is -2.23. The fraction of sp³-hybridized carbons (Fsp3) is 0.364. The van der Waals surface area contributed by atoms with Gasteiger partial charge in [0, 0.05) is 0 Å². The van der Waals surface area contributed by atoms with Crippen LogP contribution in [0.25, 0.3) is 0 Å². The van der Waals surface area contributed by atoms with Gasteiger partial charge in [-0.25, -0.2) is 13.6 Å². The van der Waals surface area contributed by atoms with Crippen molar-refractivity contribution in [2.45, 2.75) is 25.4 Å². The molecule has 0 fully saturated rings. The van der Waals surface area contributed by atoms with Crippen LogP contribution in [0, 0.1) is 5.82 Å². The highest BCUT2D eigenvalue weighted by Gasteiger charge is 2.31. The predicted molar refractivity (Wildman–Crippen MR) is 51.9 cm³/mol. The summed E-state index contributed by atoms with van der Waals surface area (Å²) in [5.41, 5.74) is -1.50. The molecule has 82 valence electrons. The molecule has 2 nitrogen and oxygen atoms in total. The van der Waals surface area contributed by atoms with Gasteiger partial charge < -0.3 is 5.11 Å². The lowest BCUT2D eigenvalue weighted by Gasteiger charge is -2.14. The van der Waals surface area contributed by atoms with E-state index < -0.39 is 11.6 Å². The van der Waals surface area contributed by atoms with Crippen molar-refractivity contribution in [1.29, 1.82) is 0 Å². The van der Waals surface area contributed by atoms with E-state index in [2.05, 4.69) is 0 Å². The Kier molecular flexibility index (Phi) is 3.39. The second kappa shape index (κ2) is 4.38. The third-order valence-electron chi connectivity index (χ3n) is 2.24. The van der Waals surface area contributed by atoms with Crippen LogP contribution in [0.1, 0.15) is 18.9 Å². The average molecular weight is 214 g/mol. The largest absolute Gasteiger partial charge is 0.479 e. The summed E-state index contributed by atoms with van der Waals surface area (Å²) >= 11 is 0. The first-order valence-electron chi connectivity index (χ1n) is 4.58. The number of rotatable bonds is 4. The van der Waals surface area contributed by atoms with Crippen LogP contribution < -0.4 is 0 Å². The zero-order valence-electron chi connectivity index (χ0n) is 8.34. The third kappa shape index (κ3) is 3.31. The first-order chi connectivity index (χ1) is 6.92. The number of hydrogen-bond donors (Lipinski definition) is 1. The van der Waals surface area contributed by atoms with E-state index in [1.807, 2.05) is 0 Å². The van der Waals surface area contributed by atoms with Crippen molar-refractivity contribution in [3.05, 3.63) is 35.6 Å². The molecule has 0 saturated carbocycles. The van der Waals surface area contributed by atoms with E-state index in [1.54, 1.807) is 0 Å². The minimum Gasteiger partial charge on any atom is -0.479 e. The van der Waals surface area contributed by atoms with Gasteiger partial charge in [-0.1, -0.05) is 12.1 Å². The zero-order chi connectivity index (χ0) is 11.5. The van der Waals surface area contributed by atoms with Crippen LogP contribution in [-0.4, -0.2) is 16.7 Å². The number of carboxylic acid groups (broad SMARTS) is 1. The number of alkyl halides is 1. The van der Waals surface area contributed by atoms with Crippen molar-refractivity contribution >= 4 is 5.97 Å². The van der Waals surface area contributed by atoms with Crippen LogP contribution in [0.3, 0.4) is 0 Å². The Morgan fingerprint density at radius 2 is 1.93 bits per heavy atom. The van der Waals surface area contributed by atoms with E-state index in [0.29, 0.717) is 0 Å². The van der Waals surface area contributed by atoms with Gasteiger partial charge in [-0.3, -0.25) is 0 Å². The van der Waals surface area contributed by atoms with Gasteiger partial charge >= 0.3 is 5.97 Å². The van der Waals surface area contributed by atoms with Crippen molar-refractivity contribution in [1.82, 2.24) is 0 Å². The molecule has 0 aliphatic rings. The molecule has 1 aromatic carbocycles. The molecular formula is C11H12F2O2. The lowest BCUT2D eigenvalue weighted by molar-refractivity contribution is -0.150. The van der Waals surface area contributed by atoms with Gasteiger partial charge in [0.05, 0.1) is 0 Å². The summed E-state index contributed by atoms with van der Waals surface area (Å²) < 4.78 is 25.8. The number of aryl methyl sites for hydroxylation is 1. The smallest absolute Gasteiger partial charge is 0.341 e. The molecule has 1 unspecified atom stereocenters. The maximum atomic E-state index is 13.3. The summed E-state index contributed by atoms with van der Waals surface area (Å²) in [4.78, 5) is 10.5. The lowest BCUT2D eigenvalue weighted by Crippen LogP contribution is -2.30. The van der Waals surface area contributed by atoms with Crippen molar-refractivity contribution < 1.29 is 18.7 Å². The first-order valence-corrected chi connectivity index (χ1v) is 4.58. The molecule has 0 saturated heterocycles. The number of aliphatic carboxylic acids is 1.